The Morgan fingerprint density at radius 1 is 1.40 bits per heavy atom. The Hall–Kier alpha value is -1.25. The molecule has 1 fully saturated rings. The van der Waals surface area contributed by atoms with Gasteiger partial charge in [0.2, 0.25) is 0 Å². The molecule has 3 nitrogen and oxygen atoms in total. The molecule has 2 aliphatic rings. The van der Waals surface area contributed by atoms with Crippen LogP contribution in [-0.4, -0.2) is 11.8 Å². The highest BCUT2D eigenvalue weighted by Gasteiger charge is 2.51. The van der Waals surface area contributed by atoms with E-state index in [-0.39, 0.29) is 11.9 Å². The summed E-state index contributed by atoms with van der Waals surface area (Å²) in [6.07, 6.45) is 9.29. The summed E-state index contributed by atoms with van der Waals surface area (Å²) in [4.78, 5) is 12.0. The molecule has 0 aromatic rings. The number of carbonyl (C=O) groups is 1. The molecule has 0 amide bonds. The van der Waals surface area contributed by atoms with Crippen LogP contribution in [0.15, 0.2) is 24.0 Å². The lowest BCUT2D eigenvalue weighted by atomic mass is 9.72. The zero-order valence-corrected chi connectivity index (χ0v) is 13.0. The van der Waals surface area contributed by atoms with E-state index in [0.717, 1.165) is 19.3 Å². The van der Waals surface area contributed by atoms with Crippen LogP contribution in [0.2, 0.25) is 0 Å². The molecule has 0 unspecified atom stereocenters. The van der Waals surface area contributed by atoms with Gasteiger partial charge in [0.1, 0.15) is 5.76 Å². The highest BCUT2D eigenvalue weighted by molar-refractivity contribution is 5.84. The van der Waals surface area contributed by atoms with Crippen LogP contribution < -0.4 is 0 Å². The summed E-state index contributed by atoms with van der Waals surface area (Å²) in [6.45, 7) is 8.63. The first-order chi connectivity index (χ1) is 9.47. The smallest absolute Gasteiger partial charge is 0.337 e. The lowest BCUT2D eigenvalue weighted by Crippen LogP contribution is -2.52. The second kappa shape index (κ2) is 6.02. The van der Waals surface area contributed by atoms with Crippen LogP contribution in [0.4, 0.5) is 0 Å². The van der Waals surface area contributed by atoms with Crippen LogP contribution in [0.5, 0.6) is 0 Å². The molecule has 112 valence electrons. The second-order valence-corrected chi connectivity index (χ2v) is 6.43. The minimum atomic E-state index is -0.759. The van der Waals surface area contributed by atoms with Gasteiger partial charge in [-0.15, -0.1) is 0 Å². The summed E-state index contributed by atoms with van der Waals surface area (Å²) in [5.74, 6) is 0.832. The SMILES string of the molecule is CC/C=C/C1=CC(=O)O[C@@]2(C[C@H](C)CC[C@H]2C(C)C)O1. The fourth-order valence-electron chi connectivity index (χ4n) is 3.38. The largest absolute Gasteiger partial charge is 0.452 e. The Morgan fingerprint density at radius 3 is 2.80 bits per heavy atom. The summed E-state index contributed by atoms with van der Waals surface area (Å²) in [6, 6.07) is 0. The highest BCUT2D eigenvalue weighted by atomic mass is 16.7. The molecule has 1 spiro atoms. The lowest BCUT2D eigenvalue weighted by molar-refractivity contribution is -0.266. The Kier molecular flexibility index (Phi) is 4.56. The van der Waals surface area contributed by atoms with Gasteiger partial charge in [-0.1, -0.05) is 33.8 Å². The first kappa shape index (κ1) is 15.1. The van der Waals surface area contributed by atoms with Gasteiger partial charge in [-0.05, 0) is 37.2 Å². The lowest BCUT2D eigenvalue weighted by Gasteiger charge is -2.47. The van der Waals surface area contributed by atoms with Crippen LogP contribution in [0.3, 0.4) is 0 Å². The molecule has 0 aromatic heterocycles. The maximum absolute atomic E-state index is 12.0. The van der Waals surface area contributed by atoms with Crippen molar-refractivity contribution in [1.29, 1.82) is 0 Å². The van der Waals surface area contributed by atoms with Crippen molar-refractivity contribution >= 4 is 5.97 Å². The van der Waals surface area contributed by atoms with E-state index in [4.69, 9.17) is 9.47 Å². The molecule has 3 heteroatoms. The summed E-state index contributed by atoms with van der Waals surface area (Å²) in [7, 11) is 0. The quantitative estimate of drug-likeness (QED) is 0.726. The number of hydrogen-bond donors (Lipinski definition) is 0. The zero-order chi connectivity index (χ0) is 14.8. The number of ether oxygens (including phenoxy) is 2. The molecule has 0 N–H and O–H groups in total. The van der Waals surface area contributed by atoms with Crippen molar-refractivity contribution in [3.05, 3.63) is 24.0 Å². The number of carbonyl (C=O) groups excluding carboxylic acids is 1. The van der Waals surface area contributed by atoms with Crippen molar-refractivity contribution in [3.8, 4) is 0 Å². The Labute approximate surface area is 122 Å². The van der Waals surface area contributed by atoms with E-state index in [2.05, 4.69) is 27.7 Å². The van der Waals surface area contributed by atoms with Crippen molar-refractivity contribution in [2.75, 3.05) is 0 Å². The van der Waals surface area contributed by atoms with Crippen LogP contribution >= 0.6 is 0 Å². The van der Waals surface area contributed by atoms with Crippen LogP contribution in [0.25, 0.3) is 0 Å². The van der Waals surface area contributed by atoms with Gasteiger partial charge in [-0.2, -0.15) is 0 Å². The molecule has 20 heavy (non-hydrogen) atoms. The third kappa shape index (κ3) is 3.08. The average molecular weight is 278 g/mol. The highest BCUT2D eigenvalue weighted by Crippen LogP contribution is 2.46. The van der Waals surface area contributed by atoms with Crippen LogP contribution in [0, 0.1) is 17.8 Å². The number of allylic oxidation sites excluding steroid dienone is 2. The molecular weight excluding hydrogens is 252 g/mol. The van der Waals surface area contributed by atoms with Crippen molar-refractivity contribution in [2.24, 2.45) is 17.8 Å². The van der Waals surface area contributed by atoms with Crippen LogP contribution in [-0.2, 0) is 14.3 Å². The minimum absolute atomic E-state index is 0.265. The molecule has 0 radical (unpaired) electrons. The van der Waals surface area contributed by atoms with Crippen molar-refractivity contribution in [1.82, 2.24) is 0 Å². The predicted octanol–water partition coefficient (Wildman–Crippen LogP) is 4.20. The van der Waals surface area contributed by atoms with Crippen molar-refractivity contribution in [3.63, 3.8) is 0 Å². The van der Waals surface area contributed by atoms with Gasteiger partial charge in [-0.3, -0.25) is 0 Å². The molecule has 0 bridgehead atoms. The summed E-state index contributed by atoms with van der Waals surface area (Å²) >= 11 is 0. The van der Waals surface area contributed by atoms with Crippen LogP contribution in [0.1, 0.15) is 53.4 Å². The van der Waals surface area contributed by atoms with Crippen molar-refractivity contribution < 1.29 is 14.3 Å². The molecule has 1 saturated carbocycles. The zero-order valence-electron chi connectivity index (χ0n) is 13.0. The topological polar surface area (TPSA) is 35.5 Å². The van der Waals surface area contributed by atoms with E-state index >= 15 is 0 Å². The molecule has 1 aliphatic heterocycles. The van der Waals surface area contributed by atoms with Gasteiger partial charge < -0.3 is 9.47 Å². The number of esters is 1. The van der Waals surface area contributed by atoms with Crippen molar-refractivity contribution in [2.45, 2.75) is 59.2 Å². The van der Waals surface area contributed by atoms with Gasteiger partial charge in [0, 0.05) is 12.3 Å². The fraction of sp³-hybridized carbons (Fsp3) is 0.706. The first-order valence-electron chi connectivity index (χ1n) is 7.77. The van der Waals surface area contributed by atoms with Gasteiger partial charge in [0.05, 0.1) is 6.08 Å². The maximum atomic E-state index is 12.0. The molecule has 3 atom stereocenters. The molecule has 0 aromatic carbocycles. The Balaban J connectivity index is 2.29. The fourth-order valence-corrected chi connectivity index (χ4v) is 3.38. The second-order valence-electron chi connectivity index (χ2n) is 6.43. The molecular formula is C17H26O3. The Morgan fingerprint density at radius 2 is 2.15 bits per heavy atom. The molecule has 0 saturated heterocycles. The first-order valence-corrected chi connectivity index (χ1v) is 7.77. The Bertz CT molecular complexity index is 422. The molecule has 1 aliphatic carbocycles. The monoisotopic (exact) mass is 278 g/mol. The minimum Gasteiger partial charge on any atom is -0.452 e. The van der Waals surface area contributed by atoms with Gasteiger partial charge in [0.15, 0.2) is 0 Å². The van der Waals surface area contributed by atoms with E-state index in [1.165, 1.54) is 12.5 Å². The number of hydrogen-bond acceptors (Lipinski definition) is 3. The standard InChI is InChI=1S/C17H26O3/c1-5-6-7-14-10-16(18)20-17(19-14)11-13(4)8-9-15(17)12(2)3/h6-7,10,12-13,15H,5,8-9,11H2,1-4H3/b7-6+/t13-,15+,17-/m1/s1. The summed E-state index contributed by atoms with van der Waals surface area (Å²) in [5, 5.41) is 0. The van der Waals surface area contributed by atoms with E-state index in [0.29, 0.717) is 17.6 Å². The molecule has 2 rings (SSSR count). The third-order valence-electron chi connectivity index (χ3n) is 4.32. The van der Waals surface area contributed by atoms with Gasteiger partial charge >= 0.3 is 5.97 Å². The van der Waals surface area contributed by atoms with Gasteiger partial charge in [0.25, 0.3) is 5.79 Å². The van der Waals surface area contributed by atoms with E-state index in [1.807, 2.05) is 12.2 Å². The third-order valence-corrected chi connectivity index (χ3v) is 4.32. The average Bonchev–Trinajstić information content (AvgIpc) is 2.34. The number of rotatable bonds is 3. The van der Waals surface area contributed by atoms with E-state index in [9.17, 15) is 4.79 Å². The summed E-state index contributed by atoms with van der Waals surface area (Å²) < 4.78 is 11.9. The summed E-state index contributed by atoms with van der Waals surface area (Å²) in [5.41, 5.74) is 0. The normalized spacial score (nSPS) is 34.2. The van der Waals surface area contributed by atoms with E-state index in [1.54, 1.807) is 0 Å². The van der Waals surface area contributed by atoms with Gasteiger partial charge in [-0.25, -0.2) is 4.79 Å². The van der Waals surface area contributed by atoms with E-state index < -0.39 is 5.79 Å². The molecule has 1 heterocycles. The predicted molar refractivity (Wildman–Crippen MR) is 78.8 cm³/mol. The maximum Gasteiger partial charge on any atom is 0.337 e.